The van der Waals surface area contributed by atoms with Crippen LogP contribution in [0.25, 0.3) is 16.8 Å². The minimum Gasteiger partial charge on any atom is -0.480 e. The number of aliphatic carboxylic acids is 1. The van der Waals surface area contributed by atoms with Gasteiger partial charge >= 0.3 is 5.97 Å². The number of carbonyl (C=O) groups is 1. The molecule has 1 aliphatic rings. The molecule has 0 aliphatic carbocycles. The van der Waals surface area contributed by atoms with Crippen LogP contribution in [0, 0.1) is 6.92 Å². The van der Waals surface area contributed by atoms with Crippen LogP contribution >= 0.6 is 11.6 Å². The van der Waals surface area contributed by atoms with E-state index >= 15 is 0 Å². The number of hydrogen-bond acceptors (Lipinski definition) is 2. The van der Waals surface area contributed by atoms with Gasteiger partial charge in [0.1, 0.15) is 11.2 Å². The molecule has 128 valence electrons. The van der Waals surface area contributed by atoms with Crippen LogP contribution in [-0.4, -0.2) is 25.4 Å². The van der Waals surface area contributed by atoms with Crippen molar-refractivity contribution in [3.63, 3.8) is 0 Å². The van der Waals surface area contributed by atoms with E-state index in [0.717, 1.165) is 28.1 Å². The van der Waals surface area contributed by atoms with Gasteiger partial charge < -0.3 is 5.11 Å². The Labute approximate surface area is 148 Å². The zero-order valence-corrected chi connectivity index (χ0v) is 14.2. The summed E-state index contributed by atoms with van der Waals surface area (Å²) >= 11 is 5.87. The van der Waals surface area contributed by atoms with E-state index in [1.165, 1.54) is 10.6 Å². The molecule has 0 bridgehead atoms. The van der Waals surface area contributed by atoms with Gasteiger partial charge in [-0.1, -0.05) is 23.2 Å². The summed E-state index contributed by atoms with van der Waals surface area (Å²) in [5, 5.41) is 12.8. The monoisotopic (exact) mass is 357 g/mol. The summed E-state index contributed by atoms with van der Waals surface area (Å²) in [6.45, 7) is 1.99. The van der Waals surface area contributed by atoms with Gasteiger partial charge in [0, 0.05) is 17.3 Å². The van der Waals surface area contributed by atoms with E-state index in [4.69, 9.17) is 11.6 Å². The lowest BCUT2D eigenvalue weighted by Gasteiger charge is -2.18. The normalized spacial score (nSPS) is 16.2. The Morgan fingerprint density at radius 1 is 1.32 bits per heavy atom. The number of benzene rings is 1. The first-order valence-electron chi connectivity index (χ1n) is 7.96. The highest BCUT2D eigenvalue weighted by Gasteiger charge is 2.29. The van der Waals surface area contributed by atoms with Gasteiger partial charge in [0.2, 0.25) is 0 Å². The molecule has 0 radical (unpaired) electrons. The summed E-state index contributed by atoms with van der Waals surface area (Å²) in [6, 6.07) is 8.60. The molecule has 6 nitrogen and oxygen atoms in total. The van der Waals surface area contributed by atoms with Crippen molar-refractivity contribution >= 4 is 17.6 Å². The molecule has 0 unspecified atom stereocenters. The van der Waals surface area contributed by atoms with Crippen molar-refractivity contribution in [1.29, 1.82) is 0 Å². The largest absolute Gasteiger partial charge is 0.480 e. The van der Waals surface area contributed by atoms with Crippen LogP contribution < -0.4 is 5.56 Å². The molecule has 0 saturated heterocycles. The molecule has 2 aromatic heterocycles. The number of fused-ring (bicyclic) bond motifs is 1. The van der Waals surface area contributed by atoms with Gasteiger partial charge in [-0.25, -0.2) is 4.79 Å². The second kappa shape index (κ2) is 5.67. The molecule has 3 aromatic rings. The van der Waals surface area contributed by atoms with E-state index in [1.807, 2.05) is 31.2 Å². The van der Waals surface area contributed by atoms with Crippen molar-refractivity contribution in [2.24, 2.45) is 0 Å². The summed E-state index contributed by atoms with van der Waals surface area (Å²) in [5.74, 6) is -0.964. The number of carboxylic acid groups (broad SMARTS) is 1. The summed E-state index contributed by atoms with van der Waals surface area (Å²) in [6.07, 6.45) is 2.78. The lowest BCUT2D eigenvalue weighted by molar-refractivity contribution is -0.140. The van der Waals surface area contributed by atoms with Gasteiger partial charge in [-0.15, -0.1) is 0 Å². The molecule has 3 heterocycles. The first kappa shape index (κ1) is 15.8. The average Bonchev–Trinajstić information content (AvgIpc) is 2.97. The number of rotatable bonds is 3. The second-order valence-corrected chi connectivity index (χ2v) is 6.72. The van der Waals surface area contributed by atoms with E-state index in [0.29, 0.717) is 18.0 Å². The quantitative estimate of drug-likeness (QED) is 0.755. The minimum absolute atomic E-state index is 0.282. The topological polar surface area (TPSA) is 80.0 Å². The molecule has 0 spiro atoms. The molecule has 7 heteroatoms. The zero-order valence-electron chi connectivity index (χ0n) is 13.5. The van der Waals surface area contributed by atoms with Crippen molar-refractivity contribution < 1.29 is 9.90 Å². The molecule has 1 aromatic carbocycles. The summed E-state index contributed by atoms with van der Waals surface area (Å²) in [7, 11) is 0. The number of aryl methyl sites for hydroxylation is 2. The average molecular weight is 358 g/mol. The number of nitrogens with zero attached hydrogens (tertiary/aromatic N) is 2. The Morgan fingerprint density at radius 3 is 2.76 bits per heavy atom. The number of hydrogen-bond donors (Lipinski definition) is 2. The standard InChI is InChI=1S/C18H16ClN3O3/c1-10-2-4-14(21-9-16(19)20-21)13(6-10)11-7-12-3-5-15(18(24)25)22(12)17(23)8-11/h2,4,6-9,15,20H,3,5H2,1H3,(H,24,25)/t15-/m0/s1. The van der Waals surface area contributed by atoms with Crippen LogP contribution in [0.1, 0.15) is 23.7 Å². The lowest BCUT2D eigenvalue weighted by Crippen LogP contribution is -2.27. The molecule has 4 rings (SSSR count). The number of nitrogens with one attached hydrogen (secondary N) is 1. The van der Waals surface area contributed by atoms with Crippen molar-refractivity contribution in [2.45, 2.75) is 25.8 Å². The van der Waals surface area contributed by atoms with Gasteiger partial charge in [-0.3, -0.25) is 19.1 Å². The third-order valence-corrected chi connectivity index (χ3v) is 4.79. The highest BCUT2D eigenvalue weighted by Crippen LogP contribution is 2.32. The van der Waals surface area contributed by atoms with E-state index in [1.54, 1.807) is 10.9 Å². The van der Waals surface area contributed by atoms with Crippen LogP contribution in [0.5, 0.6) is 0 Å². The molecule has 0 amide bonds. The number of aromatic nitrogens is 3. The van der Waals surface area contributed by atoms with Crippen LogP contribution in [-0.2, 0) is 11.2 Å². The molecule has 1 atom stereocenters. The van der Waals surface area contributed by atoms with Gasteiger partial charge in [-0.2, -0.15) is 0 Å². The maximum Gasteiger partial charge on any atom is 0.326 e. The minimum atomic E-state index is -0.964. The third kappa shape index (κ3) is 2.59. The van der Waals surface area contributed by atoms with E-state index < -0.39 is 12.0 Å². The van der Waals surface area contributed by atoms with E-state index in [9.17, 15) is 14.7 Å². The molecular formula is C18H16ClN3O3. The van der Waals surface area contributed by atoms with Crippen LogP contribution in [0.2, 0.25) is 5.15 Å². The maximum absolute atomic E-state index is 12.6. The Bertz CT molecular complexity index is 1030. The predicted molar refractivity (Wildman–Crippen MR) is 94.6 cm³/mol. The summed E-state index contributed by atoms with van der Waals surface area (Å²) in [5.41, 5.74) is 4.10. The van der Waals surface area contributed by atoms with Crippen molar-refractivity contribution in [2.75, 3.05) is 0 Å². The predicted octanol–water partition coefficient (Wildman–Crippen LogP) is 3.17. The zero-order chi connectivity index (χ0) is 17.7. The Kier molecular flexibility index (Phi) is 3.58. The number of pyridine rings is 1. The number of aromatic amines is 1. The van der Waals surface area contributed by atoms with Crippen molar-refractivity contribution in [1.82, 2.24) is 14.3 Å². The fraction of sp³-hybridized carbons (Fsp3) is 0.222. The molecule has 0 fully saturated rings. The number of carboxylic acids is 1. The van der Waals surface area contributed by atoms with Gasteiger partial charge in [-0.05, 0) is 43.5 Å². The Morgan fingerprint density at radius 2 is 2.08 bits per heavy atom. The van der Waals surface area contributed by atoms with E-state index in [2.05, 4.69) is 5.10 Å². The van der Waals surface area contributed by atoms with Crippen LogP contribution in [0.15, 0.2) is 41.3 Å². The third-order valence-electron chi connectivity index (χ3n) is 4.61. The fourth-order valence-corrected chi connectivity index (χ4v) is 3.62. The highest BCUT2D eigenvalue weighted by atomic mass is 35.5. The van der Waals surface area contributed by atoms with Gasteiger partial charge in [0.15, 0.2) is 0 Å². The van der Waals surface area contributed by atoms with E-state index in [-0.39, 0.29) is 5.56 Å². The Hall–Kier alpha value is -2.73. The van der Waals surface area contributed by atoms with Crippen molar-refractivity contribution in [3.8, 4) is 16.8 Å². The van der Waals surface area contributed by atoms with Crippen molar-refractivity contribution in [3.05, 3.63) is 63.3 Å². The van der Waals surface area contributed by atoms with Gasteiger partial charge in [0.25, 0.3) is 5.56 Å². The van der Waals surface area contributed by atoms with Crippen LogP contribution in [0.4, 0.5) is 0 Å². The molecule has 0 saturated carbocycles. The van der Waals surface area contributed by atoms with Gasteiger partial charge in [0.05, 0.1) is 11.9 Å². The summed E-state index contributed by atoms with van der Waals surface area (Å²) < 4.78 is 3.18. The fourth-order valence-electron chi connectivity index (χ4n) is 3.43. The molecule has 1 aliphatic heterocycles. The molecule has 25 heavy (non-hydrogen) atoms. The number of halogens is 1. The maximum atomic E-state index is 12.6. The summed E-state index contributed by atoms with van der Waals surface area (Å²) in [4.78, 5) is 23.9. The smallest absolute Gasteiger partial charge is 0.326 e. The Balaban J connectivity index is 1.88. The first-order chi connectivity index (χ1) is 11.9. The van der Waals surface area contributed by atoms with Crippen LogP contribution in [0.3, 0.4) is 0 Å². The SMILES string of the molecule is Cc1ccc(-n2cc(Cl)[nH]2)c(-c2cc3n(c(=O)c2)[C@H](C(=O)O)CC3)c1. The second-order valence-electron chi connectivity index (χ2n) is 6.32. The number of H-pyrrole nitrogens is 1. The first-order valence-corrected chi connectivity index (χ1v) is 8.34. The highest BCUT2D eigenvalue weighted by molar-refractivity contribution is 6.29. The lowest BCUT2D eigenvalue weighted by atomic mass is 10.0. The molecule has 2 N–H and O–H groups in total. The molecular weight excluding hydrogens is 342 g/mol.